The minimum atomic E-state index is 0.260. The molecular weight excluding hydrogens is 202 g/mol. The molecule has 4 heteroatoms. The minimum absolute atomic E-state index is 0.260. The van der Waals surface area contributed by atoms with Gasteiger partial charge in [0.1, 0.15) is 5.75 Å². The summed E-state index contributed by atoms with van der Waals surface area (Å²) in [7, 11) is 0. The van der Waals surface area contributed by atoms with Crippen LogP contribution in [0.15, 0.2) is 42.7 Å². The number of nitrogen functional groups attached to an aromatic ring is 1. The molecule has 1 heterocycles. The van der Waals surface area contributed by atoms with Crippen LogP contribution >= 0.6 is 0 Å². The van der Waals surface area contributed by atoms with E-state index in [9.17, 15) is 0 Å². The summed E-state index contributed by atoms with van der Waals surface area (Å²) < 4.78 is 0. The Labute approximate surface area is 93.8 Å². The highest BCUT2D eigenvalue weighted by atomic mass is 16.3. The Morgan fingerprint density at radius 3 is 2.62 bits per heavy atom. The van der Waals surface area contributed by atoms with E-state index in [4.69, 9.17) is 10.8 Å². The number of nitrogens with zero attached hydrogens (tertiary/aromatic N) is 1. The Morgan fingerprint density at radius 1 is 1.19 bits per heavy atom. The maximum Gasteiger partial charge on any atom is 0.115 e. The maximum absolute atomic E-state index is 9.12. The molecule has 4 nitrogen and oxygen atoms in total. The molecule has 0 bridgehead atoms. The molecule has 0 fully saturated rings. The Hall–Kier alpha value is -2.23. The number of benzene rings is 1. The maximum atomic E-state index is 9.12. The predicted octanol–water partition coefficient (Wildman–Crippen LogP) is 1.98. The predicted molar refractivity (Wildman–Crippen MR) is 64.1 cm³/mol. The van der Waals surface area contributed by atoms with Gasteiger partial charge in [-0.1, -0.05) is 0 Å². The molecule has 0 radical (unpaired) electrons. The third kappa shape index (κ3) is 2.63. The number of phenolic OH excluding ortho intramolecular Hbond substituents is 1. The fraction of sp³-hybridized carbons (Fsp3) is 0.0833. The van der Waals surface area contributed by atoms with Crippen molar-refractivity contribution >= 4 is 11.4 Å². The highest BCUT2D eigenvalue weighted by Gasteiger charge is 1.95. The smallest absolute Gasteiger partial charge is 0.115 e. The fourth-order valence-electron chi connectivity index (χ4n) is 1.39. The lowest BCUT2D eigenvalue weighted by atomic mass is 10.2. The molecule has 1 aromatic heterocycles. The molecule has 0 unspecified atom stereocenters. The zero-order chi connectivity index (χ0) is 11.4. The molecule has 0 amide bonds. The molecule has 0 saturated heterocycles. The average molecular weight is 215 g/mol. The fourth-order valence-corrected chi connectivity index (χ4v) is 1.39. The Morgan fingerprint density at radius 2 is 1.94 bits per heavy atom. The number of hydrogen-bond donors (Lipinski definition) is 3. The molecule has 0 aliphatic heterocycles. The van der Waals surface area contributed by atoms with Gasteiger partial charge in [0.05, 0.1) is 5.69 Å². The van der Waals surface area contributed by atoms with Crippen molar-refractivity contribution in [1.82, 2.24) is 4.98 Å². The Balaban J connectivity index is 1.99. The molecule has 0 saturated carbocycles. The van der Waals surface area contributed by atoms with Crippen LogP contribution in [0.5, 0.6) is 5.75 Å². The lowest BCUT2D eigenvalue weighted by molar-refractivity contribution is 0.475. The van der Waals surface area contributed by atoms with Crippen molar-refractivity contribution in [2.75, 3.05) is 11.1 Å². The summed E-state index contributed by atoms with van der Waals surface area (Å²) in [6.45, 7) is 0.656. The van der Waals surface area contributed by atoms with Gasteiger partial charge in [-0.2, -0.15) is 0 Å². The number of aromatic nitrogens is 1. The van der Waals surface area contributed by atoms with Gasteiger partial charge in [0.25, 0.3) is 0 Å². The van der Waals surface area contributed by atoms with Crippen LogP contribution in [0.25, 0.3) is 0 Å². The van der Waals surface area contributed by atoms with Crippen molar-refractivity contribution in [2.45, 2.75) is 6.54 Å². The van der Waals surface area contributed by atoms with Crippen LogP contribution in [0, 0.1) is 0 Å². The summed E-state index contributed by atoms with van der Waals surface area (Å²) in [5.41, 5.74) is 8.25. The molecule has 16 heavy (non-hydrogen) atoms. The standard InChI is InChI=1S/C12H13N3O/c13-10-5-9(6-14-8-10)7-15-11-1-3-12(16)4-2-11/h1-6,8,15-16H,7,13H2. The normalized spacial score (nSPS) is 10.0. The van der Waals surface area contributed by atoms with Gasteiger partial charge in [0.2, 0.25) is 0 Å². The first-order valence-electron chi connectivity index (χ1n) is 4.96. The number of anilines is 2. The van der Waals surface area contributed by atoms with Crippen LogP contribution in [0.2, 0.25) is 0 Å². The van der Waals surface area contributed by atoms with Crippen LogP contribution in [0.1, 0.15) is 5.56 Å². The van der Waals surface area contributed by atoms with Crippen molar-refractivity contribution in [2.24, 2.45) is 0 Å². The van der Waals surface area contributed by atoms with Crippen LogP contribution in [0.4, 0.5) is 11.4 Å². The van der Waals surface area contributed by atoms with E-state index in [2.05, 4.69) is 10.3 Å². The van der Waals surface area contributed by atoms with E-state index in [1.165, 1.54) is 0 Å². The number of nitrogens with one attached hydrogen (secondary N) is 1. The molecule has 4 N–H and O–H groups in total. The summed E-state index contributed by atoms with van der Waals surface area (Å²) in [4.78, 5) is 4.01. The second-order valence-electron chi connectivity index (χ2n) is 3.53. The molecule has 0 aliphatic rings. The van der Waals surface area contributed by atoms with Crippen LogP contribution in [-0.4, -0.2) is 10.1 Å². The molecule has 2 aromatic rings. The highest BCUT2D eigenvalue weighted by molar-refractivity contribution is 5.47. The monoisotopic (exact) mass is 215 g/mol. The van der Waals surface area contributed by atoms with Gasteiger partial charge in [-0.3, -0.25) is 4.98 Å². The number of hydrogen-bond acceptors (Lipinski definition) is 4. The van der Waals surface area contributed by atoms with Crippen molar-refractivity contribution in [3.63, 3.8) is 0 Å². The third-order valence-corrected chi connectivity index (χ3v) is 2.18. The molecule has 0 aliphatic carbocycles. The number of pyridine rings is 1. The van der Waals surface area contributed by atoms with E-state index in [0.717, 1.165) is 11.3 Å². The SMILES string of the molecule is Nc1cncc(CNc2ccc(O)cc2)c1. The number of rotatable bonds is 3. The first kappa shape index (κ1) is 10.3. The van der Waals surface area contributed by atoms with Crippen LogP contribution in [-0.2, 0) is 6.54 Å². The van der Waals surface area contributed by atoms with Gasteiger partial charge in [-0.25, -0.2) is 0 Å². The molecule has 0 spiro atoms. The molecule has 2 rings (SSSR count). The zero-order valence-corrected chi connectivity index (χ0v) is 8.72. The second kappa shape index (κ2) is 4.53. The topological polar surface area (TPSA) is 71.2 Å². The lowest BCUT2D eigenvalue weighted by Gasteiger charge is -2.06. The van der Waals surface area contributed by atoms with Gasteiger partial charge in [0, 0.05) is 24.6 Å². The zero-order valence-electron chi connectivity index (χ0n) is 8.72. The molecule has 82 valence electrons. The van der Waals surface area contributed by atoms with E-state index in [0.29, 0.717) is 12.2 Å². The summed E-state index contributed by atoms with van der Waals surface area (Å²) in [5, 5.41) is 12.3. The van der Waals surface area contributed by atoms with Crippen molar-refractivity contribution in [3.05, 3.63) is 48.3 Å². The van der Waals surface area contributed by atoms with Gasteiger partial charge < -0.3 is 16.2 Å². The van der Waals surface area contributed by atoms with E-state index >= 15 is 0 Å². The van der Waals surface area contributed by atoms with E-state index in [1.54, 1.807) is 24.5 Å². The summed E-state index contributed by atoms with van der Waals surface area (Å²) >= 11 is 0. The van der Waals surface area contributed by atoms with Crippen LogP contribution < -0.4 is 11.1 Å². The average Bonchev–Trinajstić information content (AvgIpc) is 2.28. The van der Waals surface area contributed by atoms with Gasteiger partial charge in [0.15, 0.2) is 0 Å². The van der Waals surface area contributed by atoms with Gasteiger partial charge >= 0.3 is 0 Å². The number of phenols is 1. The Bertz CT molecular complexity index is 468. The third-order valence-electron chi connectivity index (χ3n) is 2.18. The largest absolute Gasteiger partial charge is 0.508 e. The molecule has 0 atom stereocenters. The van der Waals surface area contributed by atoms with E-state index in [1.807, 2.05) is 18.2 Å². The quantitative estimate of drug-likeness (QED) is 0.685. The number of aromatic hydroxyl groups is 1. The Kier molecular flexibility index (Phi) is 2.91. The molecular formula is C12H13N3O. The first-order chi connectivity index (χ1) is 7.74. The highest BCUT2D eigenvalue weighted by Crippen LogP contribution is 2.14. The van der Waals surface area contributed by atoms with Crippen molar-refractivity contribution in [1.29, 1.82) is 0 Å². The minimum Gasteiger partial charge on any atom is -0.508 e. The summed E-state index contributed by atoms with van der Waals surface area (Å²) in [6, 6.07) is 8.78. The summed E-state index contributed by atoms with van der Waals surface area (Å²) in [5.74, 6) is 0.260. The number of nitrogens with two attached hydrogens (primary N) is 1. The summed E-state index contributed by atoms with van der Waals surface area (Å²) in [6.07, 6.45) is 3.38. The van der Waals surface area contributed by atoms with Crippen molar-refractivity contribution in [3.8, 4) is 5.75 Å². The van der Waals surface area contributed by atoms with E-state index < -0.39 is 0 Å². The second-order valence-corrected chi connectivity index (χ2v) is 3.53. The van der Waals surface area contributed by atoms with E-state index in [-0.39, 0.29) is 5.75 Å². The first-order valence-corrected chi connectivity index (χ1v) is 4.96. The van der Waals surface area contributed by atoms with Gasteiger partial charge in [-0.15, -0.1) is 0 Å². The molecule has 1 aromatic carbocycles. The van der Waals surface area contributed by atoms with Gasteiger partial charge in [-0.05, 0) is 35.9 Å². The van der Waals surface area contributed by atoms with Crippen molar-refractivity contribution < 1.29 is 5.11 Å². The lowest BCUT2D eigenvalue weighted by Crippen LogP contribution is -2.00. The van der Waals surface area contributed by atoms with Crippen LogP contribution in [0.3, 0.4) is 0 Å².